The Morgan fingerprint density at radius 3 is 2.34 bits per heavy atom. The third kappa shape index (κ3) is 5.40. The van der Waals surface area contributed by atoms with Crippen molar-refractivity contribution in [2.45, 2.75) is 25.2 Å². The monoisotopic (exact) mass is 476 g/mol. The van der Waals surface area contributed by atoms with Gasteiger partial charge in [0.15, 0.2) is 0 Å². The maximum absolute atomic E-state index is 13.5. The van der Waals surface area contributed by atoms with Gasteiger partial charge in [0.05, 0.1) is 16.0 Å². The summed E-state index contributed by atoms with van der Waals surface area (Å²) in [5.74, 6) is -0.470. The molecule has 0 aromatic heterocycles. The topological polar surface area (TPSA) is 66.5 Å². The molecule has 8 heteroatoms. The third-order valence-corrected chi connectivity index (χ3v) is 7.69. The van der Waals surface area contributed by atoms with Gasteiger partial charge in [-0.2, -0.15) is 0 Å². The first-order chi connectivity index (χ1) is 15.1. The second kappa shape index (κ2) is 9.88. The van der Waals surface area contributed by atoms with Crippen molar-refractivity contribution in [2.24, 2.45) is 5.41 Å². The van der Waals surface area contributed by atoms with Gasteiger partial charge in [-0.05, 0) is 67.4 Å². The average molecular weight is 477 g/mol. The van der Waals surface area contributed by atoms with Crippen LogP contribution in [0.15, 0.2) is 71.6 Å². The molecule has 1 N–H and O–H groups in total. The number of nitrogens with zero attached hydrogens (tertiary/aromatic N) is 1. The molecule has 0 fully saturated rings. The molecule has 5 nitrogen and oxygen atoms in total. The molecule has 1 amide bonds. The molecular formula is C24H26ClFN2O3S. The van der Waals surface area contributed by atoms with Crippen LogP contribution in [-0.2, 0) is 14.8 Å². The molecule has 0 aliphatic rings. The number of hydrogen-bond acceptors (Lipinski definition) is 3. The Morgan fingerprint density at radius 2 is 1.69 bits per heavy atom. The Balaban J connectivity index is 1.85. The molecule has 0 saturated carbocycles. The highest BCUT2D eigenvalue weighted by molar-refractivity contribution is 7.92. The summed E-state index contributed by atoms with van der Waals surface area (Å²) in [5.41, 5.74) is -0.359. The standard InChI is InChI=1S/C24H26ClFN2O3S/c1-24(2,17-25)23(29)27-14-5-15-28(21-11-9-20(26)10-12-21)32(30,31)22-13-8-18-6-3-4-7-19(18)16-22/h3-4,6-13,16H,5,14-15,17H2,1-2H3,(H,27,29). The number of sulfonamides is 1. The lowest BCUT2D eigenvalue weighted by molar-refractivity contribution is -0.128. The SMILES string of the molecule is CC(C)(CCl)C(=O)NCCCN(c1ccc(F)cc1)S(=O)(=O)c1ccc2ccccc2c1. The van der Waals surface area contributed by atoms with E-state index < -0.39 is 21.3 Å². The minimum atomic E-state index is -3.92. The fraction of sp³-hybridized carbons (Fsp3) is 0.292. The van der Waals surface area contributed by atoms with Gasteiger partial charge in [-0.1, -0.05) is 30.3 Å². The molecule has 0 heterocycles. The van der Waals surface area contributed by atoms with E-state index in [9.17, 15) is 17.6 Å². The summed E-state index contributed by atoms with van der Waals surface area (Å²) in [4.78, 5) is 12.4. The van der Waals surface area contributed by atoms with Gasteiger partial charge in [-0.3, -0.25) is 9.10 Å². The van der Waals surface area contributed by atoms with E-state index in [2.05, 4.69) is 5.32 Å². The Bertz CT molecular complexity index is 1200. The molecule has 0 aliphatic carbocycles. The summed E-state index contributed by atoms with van der Waals surface area (Å²) >= 11 is 5.83. The van der Waals surface area contributed by atoms with E-state index in [1.165, 1.54) is 28.6 Å². The summed E-state index contributed by atoms with van der Waals surface area (Å²) < 4.78 is 41.7. The first-order valence-electron chi connectivity index (χ1n) is 10.3. The second-order valence-corrected chi connectivity index (χ2v) is 10.3. The number of carbonyl (C=O) groups excluding carboxylic acids is 1. The molecule has 0 spiro atoms. The summed E-state index contributed by atoms with van der Waals surface area (Å²) in [6, 6.07) is 17.8. The smallest absolute Gasteiger partial charge is 0.264 e. The fourth-order valence-corrected chi connectivity index (χ4v) is 4.84. The quantitative estimate of drug-likeness (QED) is 0.351. The molecule has 3 aromatic carbocycles. The summed E-state index contributed by atoms with van der Waals surface area (Å²) in [6.45, 7) is 3.88. The van der Waals surface area contributed by atoms with Gasteiger partial charge in [-0.25, -0.2) is 12.8 Å². The van der Waals surface area contributed by atoms with Gasteiger partial charge in [0.1, 0.15) is 5.82 Å². The summed E-state index contributed by atoms with van der Waals surface area (Å²) in [5, 5.41) is 4.54. The third-order valence-electron chi connectivity index (χ3n) is 5.20. The van der Waals surface area contributed by atoms with Crippen LogP contribution in [-0.4, -0.2) is 33.3 Å². The molecule has 0 radical (unpaired) electrons. The van der Waals surface area contributed by atoms with Crippen LogP contribution < -0.4 is 9.62 Å². The zero-order chi connectivity index (χ0) is 23.4. The fourth-order valence-electron chi connectivity index (χ4n) is 3.18. The number of halogens is 2. The van der Waals surface area contributed by atoms with Gasteiger partial charge in [0.25, 0.3) is 10.0 Å². The first-order valence-corrected chi connectivity index (χ1v) is 12.2. The zero-order valence-electron chi connectivity index (χ0n) is 18.0. The molecule has 0 saturated heterocycles. The molecule has 170 valence electrons. The van der Waals surface area contributed by atoms with Gasteiger partial charge < -0.3 is 5.32 Å². The van der Waals surface area contributed by atoms with Crippen LogP contribution in [0.5, 0.6) is 0 Å². The van der Waals surface area contributed by atoms with Crippen molar-refractivity contribution in [1.82, 2.24) is 5.32 Å². The lowest BCUT2D eigenvalue weighted by Crippen LogP contribution is -2.40. The zero-order valence-corrected chi connectivity index (χ0v) is 19.6. The van der Waals surface area contributed by atoms with Gasteiger partial charge in [0, 0.05) is 19.0 Å². The molecule has 0 unspecified atom stereocenters. The predicted octanol–water partition coefficient (Wildman–Crippen LogP) is 4.95. The molecule has 3 rings (SSSR count). The minimum Gasteiger partial charge on any atom is -0.356 e. The number of alkyl halides is 1. The average Bonchev–Trinajstić information content (AvgIpc) is 2.79. The van der Waals surface area contributed by atoms with Crippen LogP contribution in [0.3, 0.4) is 0 Å². The number of nitrogens with one attached hydrogen (secondary N) is 1. The lowest BCUT2D eigenvalue weighted by Gasteiger charge is -2.25. The molecule has 3 aromatic rings. The number of rotatable bonds is 9. The molecule has 0 atom stereocenters. The van der Waals surface area contributed by atoms with Crippen molar-refractivity contribution in [3.05, 3.63) is 72.5 Å². The van der Waals surface area contributed by atoms with Crippen molar-refractivity contribution in [3.8, 4) is 0 Å². The van der Waals surface area contributed by atoms with Crippen molar-refractivity contribution in [2.75, 3.05) is 23.3 Å². The largest absolute Gasteiger partial charge is 0.356 e. The highest BCUT2D eigenvalue weighted by atomic mass is 35.5. The summed E-state index contributed by atoms with van der Waals surface area (Å²) in [6.07, 6.45) is 0.369. The molecular weight excluding hydrogens is 451 g/mol. The van der Waals surface area contributed by atoms with Crippen LogP contribution in [0.25, 0.3) is 10.8 Å². The van der Waals surface area contributed by atoms with Crippen LogP contribution >= 0.6 is 11.6 Å². The van der Waals surface area contributed by atoms with Crippen molar-refractivity contribution >= 4 is 44.0 Å². The second-order valence-electron chi connectivity index (χ2n) is 8.19. The number of benzene rings is 3. The minimum absolute atomic E-state index is 0.113. The Morgan fingerprint density at radius 1 is 1.03 bits per heavy atom. The van der Waals surface area contributed by atoms with Crippen molar-refractivity contribution in [1.29, 1.82) is 0 Å². The van der Waals surface area contributed by atoms with Gasteiger partial charge >= 0.3 is 0 Å². The first kappa shape index (κ1) is 24.0. The van der Waals surface area contributed by atoms with Crippen LogP contribution in [0.4, 0.5) is 10.1 Å². The normalized spacial score (nSPS) is 12.0. The van der Waals surface area contributed by atoms with Crippen LogP contribution in [0, 0.1) is 11.2 Å². The van der Waals surface area contributed by atoms with Crippen molar-refractivity contribution in [3.63, 3.8) is 0 Å². The maximum atomic E-state index is 13.5. The van der Waals surface area contributed by atoms with E-state index in [-0.39, 0.29) is 29.8 Å². The Labute approximate surface area is 193 Å². The van der Waals surface area contributed by atoms with E-state index in [1.54, 1.807) is 32.0 Å². The van der Waals surface area contributed by atoms with E-state index in [0.717, 1.165) is 10.8 Å². The van der Waals surface area contributed by atoms with E-state index in [4.69, 9.17) is 11.6 Å². The Kier molecular flexibility index (Phi) is 7.41. The highest BCUT2D eigenvalue weighted by Gasteiger charge is 2.27. The van der Waals surface area contributed by atoms with Gasteiger partial charge in [-0.15, -0.1) is 11.6 Å². The number of anilines is 1. The Hall–Kier alpha value is -2.64. The lowest BCUT2D eigenvalue weighted by atomic mass is 9.95. The van der Waals surface area contributed by atoms with Crippen LogP contribution in [0.1, 0.15) is 20.3 Å². The predicted molar refractivity (Wildman–Crippen MR) is 127 cm³/mol. The van der Waals surface area contributed by atoms with E-state index >= 15 is 0 Å². The number of amides is 1. The maximum Gasteiger partial charge on any atom is 0.264 e. The van der Waals surface area contributed by atoms with E-state index in [0.29, 0.717) is 12.1 Å². The highest BCUT2D eigenvalue weighted by Crippen LogP contribution is 2.27. The summed E-state index contributed by atoms with van der Waals surface area (Å²) in [7, 11) is -3.92. The molecule has 32 heavy (non-hydrogen) atoms. The van der Waals surface area contributed by atoms with Gasteiger partial charge in [0.2, 0.25) is 5.91 Å². The number of hydrogen-bond donors (Lipinski definition) is 1. The number of carbonyl (C=O) groups is 1. The van der Waals surface area contributed by atoms with E-state index in [1.807, 2.05) is 24.3 Å². The number of fused-ring (bicyclic) bond motifs is 1. The molecule has 0 bridgehead atoms. The molecule has 0 aliphatic heterocycles. The van der Waals surface area contributed by atoms with Crippen molar-refractivity contribution < 1.29 is 17.6 Å². The van der Waals surface area contributed by atoms with Crippen LogP contribution in [0.2, 0.25) is 0 Å².